The molecule has 9 heteroatoms. The minimum absolute atomic E-state index is 0.0000384. The van der Waals surface area contributed by atoms with Gasteiger partial charge in [0.2, 0.25) is 10.0 Å². The Balaban J connectivity index is 2.72. The van der Waals surface area contributed by atoms with Crippen molar-refractivity contribution in [3.05, 3.63) is 42.5 Å². The van der Waals surface area contributed by atoms with Crippen LogP contribution in [0.15, 0.2) is 41.8 Å². The number of rotatable bonds is 9. The predicted molar refractivity (Wildman–Crippen MR) is 89.9 cm³/mol. The number of sulfonamides is 1. The first-order valence-electron chi connectivity index (χ1n) is 7.38. The van der Waals surface area contributed by atoms with Crippen LogP contribution in [0.4, 0.5) is 0 Å². The lowest BCUT2D eigenvalue weighted by Crippen LogP contribution is -2.35. The van der Waals surface area contributed by atoms with Gasteiger partial charge in [-0.3, -0.25) is 4.79 Å². The second kappa shape index (κ2) is 9.56. The fourth-order valence-electron chi connectivity index (χ4n) is 1.69. The van der Waals surface area contributed by atoms with Gasteiger partial charge in [-0.15, -0.1) is 6.58 Å². The van der Waals surface area contributed by atoms with E-state index in [0.717, 1.165) is 0 Å². The fourth-order valence-corrected chi connectivity index (χ4v) is 2.73. The first kappa shape index (κ1) is 20.3. The number of hydrogen-bond acceptors (Lipinski definition) is 6. The number of carbonyl (C=O) groups is 2. The Kier molecular flexibility index (Phi) is 7.78. The maximum atomic E-state index is 12.0. The van der Waals surface area contributed by atoms with Gasteiger partial charge in [0.1, 0.15) is 0 Å². The van der Waals surface area contributed by atoms with Gasteiger partial charge in [-0.1, -0.05) is 6.08 Å². The molecule has 0 aromatic heterocycles. The quantitative estimate of drug-likeness (QED) is 0.377. The van der Waals surface area contributed by atoms with Gasteiger partial charge in [0.15, 0.2) is 6.10 Å². The normalized spacial score (nSPS) is 11.8. The topological polar surface area (TPSA) is 125 Å². The van der Waals surface area contributed by atoms with E-state index < -0.39 is 28.0 Å². The first-order valence-corrected chi connectivity index (χ1v) is 8.86. The number of ether oxygens (including phenoxy) is 1. The highest BCUT2D eigenvalue weighted by Crippen LogP contribution is 2.12. The molecule has 0 fully saturated rings. The highest BCUT2D eigenvalue weighted by molar-refractivity contribution is 7.89. The van der Waals surface area contributed by atoms with Gasteiger partial charge < -0.3 is 10.1 Å². The van der Waals surface area contributed by atoms with Gasteiger partial charge in [-0.2, -0.15) is 5.26 Å². The number of nitriles is 1. The molecule has 0 aliphatic carbocycles. The van der Waals surface area contributed by atoms with E-state index in [1.54, 1.807) is 0 Å². The van der Waals surface area contributed by atoms with Crippen molar-refractivity contribution in [1.82, 2.24) is 10.0 Å². The zero-order chi connectivity index (χ0) is 18.9. The summed E-state index contributed by atoms with van der Waals surface area (Å²) in [4.78, 5) is 23.6. The van der Waals surface area contributed by atoms with Crippen LogP contribution in [0.5, 0.6) is 0 Å². The van der Waals surface area contributed by atoms with Crippen molar-refractivity contribution in [3.63, 3.8) is 0 Å². The van der Waals surface area contributed by atoms with Crippen LogP contribution in [0.25, 0.3) is 0 Å². The number of nitrogens with one attached hydrogen (secondary N) is 2. The molecule has 0 aliphatic rings. The van der Waals surface area contributed by atoms with Crippen molar-refractivity contribution in [3.8, 4) is 6.07 Å². The lowest BCUT2D eigenvalue weighted by molar-refractivity contribution is -0.128. The molecule has 1 aromatic rings. The van der Waals surface area contributed by atoms with Crippen LogP contribution >= 0.6 is 0 Å². The van der Waals surface area contributed by atoms with Crippen molar-refractivity contribution < 1.29 is 22.7 Å². The largest absolute Gasteiger partial charge is 0.449 e. The molecular formula is C16H19N3O5S. The van der Waals surface area contributed by atoms with Gasteiger partial charge in [0, 0.05) is 19.5 Å². The Morgan fingerprint density at radius 3 is 2.56 bits per heavy atom. The van der Waals surface area contributed by atoms with Gasteiger partial charge in [0.05, 0.1) is 16.5 Å². The van der Waals surface area contributed by atoms with E-state index in [1.165, 1.54) is 37.3 Å². The molecule has 0 spiro atoms. The predicted octanol–water partition coefficient (Wildman–Crippen LogP) is 0.726. The Hall–Kier alpha value is -2.70. The maximum absolute atomic E-state index is 12.0. The first-order chi connectivity index (χ1) is 11.8. The molecule has 0 saturated carbocycles. The molecule has 1 amide bonds. The summed E-state index contributed by atoms with van der Waals surface area (Å²) in [6, 6.07) is 6.89. The van der Waals surface area contributed by atoms with E-state index in [9.17, 15) is 18.0 Å². The van der Waals surface area contributed by atoms with Gasteiger partial charge >= 0.3 is 5.97 Å². The van der Waals surface area contributed by atoms with E-state index in [-0.39, 0.29) is 30.0 Å². The minimum Gasteiger partial charge on any atom is -0.449 e. The van der Waals surface area contributed by atoms with E-state index in [2.05, 4.69) is 16.6 Å². The van der Waals surface area contributed by atoms with Crippen LogP contribution in [0.2, 0.25) is 0 Å². The molecule has 0 unspecified atom stereocenters. The zero-order valence-electron chi connectivity index (χ0n) is 13.7. The average molecular weight is 365 g/mol. The highest BCUT2D eigenvalue weighted by Gasteiger charge is 2.19. The Morgan fingerprint density at radius 1 is 1.36 bits per heavy atom. The van der Waals surface area contributed by atoms with Crippen LogP contribution < -0.4 is 10.0 Å². The molecule has 1 atom stereocenters. The third-order valence-electron chi connectivity index (χ3n) is 3.00. The van der Waals surface area contributed by atoms with Crippen molar-refractivity contribution in [2.24, 2.45) is 0 Å². The molecular weight excluding hydrogens is 346 g/mol. The summed E-state index contributed by atoms with van der Waals surface area (Å²) in [5.74, 6) is -1.21. The van der Waals surface area contributed by atoms with E-state index >= 15 is 0 Å². The van der Waals surface area contributed by atoms with Crippen molar-refractivity contribution in [2.45, 2.75) is 24.3 Å². The highest BCUT2D eigenvalue weighted by atomic mass is 32.2. The molecule has 1 rings (SSSR count). The second-order valence-corrected chi connectivity index (χ2v) is 6.68. The lowest BCUT2D eigenvalue weighted by atomic mass is 10.2. The Morgan fingerprint density at radius 2 is 2.00 bits per heavy atom. The van der Waals surface area contributed by atoms with Crippen LogP contribution in [-0.2, 0) is 19.6 Å². The van der Waals surface area contributed by atoms with Crippen LogP contribution in [0.1, 0.15) is 23.7 Å². The molecule has 0 saturated heterocycles. The fraction of sp³-hybridized carbons (Fsp3) is 0.312. The molecule has 2 N–H and O–H groups in total. The Labute approximate surface area is 146 Å². The summed E-state index contributed by atoms with van der Waals surface area (Å²) < 4.78 is 31.2. The molecule has 0 bridgehead atoms. The third-order valence-corrected chi connectivity index (χ3v) is 4.48. The summed E-state index contributed by atoms with van der Waals surface area (Å²) in [6.07, 6.45) is 0.551. The third kappa shape index (κ3) is 6.37. The Bertz CT molecular complexity index is 766. The van der Waals surface area contributed by atoms with Crippen LogP contribution in [-0.4, -0.2) is 39.5 Å². The van der Waals surface area contributed by atoms with Gasteiger partial charge in [-0.25, -0.2) is 17.9 Å². The maximum Gasteiger partial charge on any atom is 0.338 e. The van der Waals surface area contributed by atoms with Crippen molar-refractivity contribution in [2.75, 3.05) is 13.1 Å². The summed E-state index contributed by atoms with van der Waals surface area (Å²) in [7, 11) is -3.75. The summed E-state index contributed by atoms with van der Waals surface area (Å²) in [5.41, 5.74) is 0.111. The van der Waals surface area contributed by atoms with E-state index in [1.807, 2.05) is 6.07 Å². The SMILES string of the molecule is C=CCNC(=O)[C@H](C)OC(=O)c1ccc(S(=O)(=O)NCCC#N)cc1. The van der Waals surface area contributed by atoms with E-state index in [4.69, 9.17) is 10.00 Å². The smallest absolute Gasteiger partial charge is 0.338 e. The molecule has 1 aromatic carbocycles. The molecule has 134 valence electrons. The monoisotopic (exact) mass is 365 g/mol. The molecule has 0 aliphatic heterocycles. The van der Waals surface area contributed by atoms with E-state index in [0.29, 0.717) is 0 Å². The second-order valence-electron chi connectivity index (χ2n) is 4.91. The molecule has 0 heterocycles. The minimum atomic E-state index is -3.75. The number of carbonyl (C=O) groups excluding carboxylic acids is 2. The molecule has 25 heavy (non-hydrogen) atoms. The average Bonchev–Trinajstić information content (AvgIpc) is 2.59. The van der Waals surface area contributed by atoms with Crippen molar-refractivity contribution >= 4 is 21.9 Å². The molecule has 8 nitrogen and oxygen atoms in total. The molecule has 0 radical (unpaired) electrons. The lowest BCUT2D eigenvalue weighted by Gasteiger charge is -2.13. The van der Waals surface area contributed by atoms with Gasteiger partial charge in [-0.05, 0) is 31.2 Å². The number of amides is 1. The van der Waals surface area contributed by atoms with Gasteiger partial charge in [0.25, 0.3) is 5.91 Å². The number of esters is 1. The summed E-state index contributed by atoms with van der Waals surface area (Å²) in [5, 5.41) is 10.9. The standard InChI is InChI=1S/C16H19N3O5S/c1-3-10-18-15(20)12(2)24-16(21)13-5-7-14(8-6-13)25(22,23)19-11-4-9-17/h3,5-8,12,19H,1,4,10-11H2,2H3,(H,18,20)/t12-/m0/s1. The van der Waals surface area contributed by atoms with Crippen LogP contribution in [0.3, 0.4) is 0 Å². The number of hydrogen-bond donors (Lipinski definition) is 2. The zero-order valence-corrected chi connectivity index (χ0v) is 14.5. The summed E-state index contributed by atoms with van der Waals surface area (Å²) in [6.45, 7) is 5.14. The number of benzene rings is 1. The summed E-state index contributed by atoms with van der Waals surface area (Å²) >= 11 is 0. The number of nitrogens with zero attached hydrogens (tertiary/aromatic N) is 1. The van der Waals surface area contributed by atoms with Crippen molar-refractivity contribution in [1.29, 1.82) is 5.26 Å². The van der Waals surface area contributed by atoms with Crippen LogP contribution in [0, 0.1) is 11.3 Å².